The normalized spacial score (nSPS) is 15.4. The van der Waals surface area contributed by atoms with E-state index in [-0.39, 0.29) is 24.8 Å². The Morgan fingerprint density at radius 2 is 1.57 bits per heavy atom. The molecule has 1 heterocycles. The van der Waals surface area contributed by atoms with Crippen LogP contribution in [0.2, 0.25) is 5.02 Å². The number of β-amino-alcohol motifs (C(OH)–C–C–N with tert-alkyl or cyclic N) is 1. The summed E-state index contributed by atoms with van der Waals surface area (Å²) in [5, 5.41) is 11.1. The standard InChI is InChI=1S/C21H27ClN2O2.2ClH/c1-16-12-20(13-17(2)21(16)22)26-15-19(25)14-23-8-10-24(11-9-23)18-6-4-3-5-7-18;;/h3-7,12-13,19,25H,8-11,14-15H2,1-2H3;2*1H. The lowest BCUT2D eigenvalue weighted by Crippen LogP contribution is -2.49. The molecule has 4 nitrogen and oxygen atoms in total. The number of rotatable bonds is 6. The largest absolute Gasteiger partial charge is 0.491 e. The number of nitrogens with zero attached hydrogens (tertiary/aromatic N) is 2. The first-order valence-electron chi connectivity index (χ1n) is 9.13. The summed E-state index contributed by atoms with van der Waals surface area (Å²) in [6.07, 6.45) is -0.505. The second kappa shape index (κ2) is 11.7. The maximum absolute atomic E-state index is 10.3. The van der Waals surface area contributed by atoms with Gasteiger partial charge in [-0.15, -0.1) is 24.8 Å². The molecule has 0 saturated carbocycles. The molecular weight excluding hydrogens is 419 g/mol. The van der Waals surface area contributed by atoms with Gasteiger partial charge in [0.05, 0.1) is 0 Å². The van der Waals surface area contributed by atoms with Gasteiger partial charge in [0.25, 0.3) is 0 Å². The number of aryl methyl sites for hydroxylation is 2. The van der Waals surface area contributed by atoms with Crippen molar-refractivity contribution < 1.29 is 9.84 Å². The molecule has 0 bridgehead atoms. The van der Waals surface area contributed by atoms with Crippen LogP contribution >= 0.6 is 36.4 Å². The van der Waals surface area contributed by atoms with Crippen molar-refractivity contribution in [2.75, 3.05) is 44.2 Å². The van der Waals surface area contributed by atoms with Crippen LogP contribution in [0.4, 0.5) is 5.69 Å². The molecule has 0 aromatic heterocycles. The van der Waals surface area contributed by atoms with Crippen molar-refractivity contribution in [2.45, 2.75) is 20.0 Å². The van der Waals surface area contributed by atoms with Gasteiger partial charge in [0, 0.05) is 43.4 Å². The first-order chi connectivity index (χ1) is 12.5. The summed E-state index contributed by atoms with van der Waals surface area (Å²) in [5.41, 5.74) is 3.26. The zero-order chi connectivity index (χ0) is 18.5. The van der Waals surface area contributed by atoms with Crippen LogP contribution in [0.5, 0.6) is 5.75 Å². The van der Waals surface area contributed by atoms with Gasteiger partial charge in [-0.3, -0.25) is 4.90 Å². The van der Waals surface area contributed by atoms with Crippen molar-refractivity contribution in [1.82, 2.24) is 4.90 Å². The molecule has 3 rings (SSSR count). The molecule has 0 radical (unpaired) electrons. The number of para-hydroxylation sites is 1. The second-order valence-corrected chi connectivity index (χ2v) is 7.34. The number of halogens is 3. The number of aliphatic hydroxyl groups excluding tert-OH is 1. The average Bonchev–Trinajstić information content (AvgIpc) is 2.65. The lowest BCUT2D eigenvalue weighted by Gasteiger charge is -2.36. The molecule has 1 atom stereocenters. The topological polar surface area (TPSA) is 35.9 Å². The van der Waals surface area contributed by atoms with Crippen LogP contribution in [0.3, 0.4) is 0 Å². The second-order valence-electron chi connectivity index (χ2n) is 6.96. The van der Waals surface area contributed by atoms with E-state index < -0.39 is 6.10 Å². The summed E-state index contributed by atoms with van der Waals surface area (Å²) in [7, 11) is 0. The molecule has 1 aliphatic rings. The van der Waals surface area contributed by atoms with Gasteiger partial charge in [0.1, 0.15) is 18.5 Å². The van der Waals surface area contributed by atoms with Crippen LogP contribution in [0.15, 0.2) is 42.5 Å². The Labute approximate surface area is 185 Å². The summed E-state index contributed by atoms with van der Waals surface area (Å²) >= 11 is 6.18. The number of benzene rings is 2. The molecular formula is C21H29Cl3N2O2. The summed E-state index contributed by atoms with van der Waals surface area (Å²) in [6, 6.07) is 14.3. The monoisotopic (exact) mass is 446 g/mol. The number of anilines is 1. The Hall–Kier alpha value is -1.17. The molecule has 0 amide bonds. The third kappa shape index (κ3) is 6.71. The third-order valence-corrected chi connectivity index (χ3v) is 5.41. The van der Waals surface area contributed by atoms with E-state index in [4.69, 9.17) is 16.3 Å². The van der Waals surface area contributed by atoms with E-state index in [1.54, 1.807) is 0 Å². The van der Waals surface area contributed by atoms with E-state index in [1.807, 2.05) is 32.0 Å². The zero-order valence-corrected chi connectivity index (χ0v) is 18.7. The molecule has 1 N–H and O–H groups in total. The lowest BCUT2D eigenvalue weighted by atomic mass is 10.1. The molecule has 1 aliphatic heterocycles. The van der Waals surface area contributed by atoms with Crippen LogP contribution in [-0.4, -0.2) is 55.4 Å². The predicted molar refractivity (Wildman–Crippen MR) is 122 cm³/mol. The van der Waals surface area contributed by atoms with Crippen molar-refractivity contribution in [3.05, 3.63) is 58.6 Å². The first kappa shape index (κ1) is 24.9. The number of piperazine rings is 1. The van der Waals surface area contributed by atoms with Gasteiger partial charge >= 0.3 is 0 Å². The molecule has 28 heavy (non-hydrogen) atoms. The SMILES string of the molecule is Cc1cc(OCC(O)CN2CCN(c3ccccc3)CC2)cc(C)c1Cl.Cl.Cl. The molecule has 0 spiro atoms. The number of hydrogen-bond acceptors (Lipinski definition) is 4. The molecule has 1 saturated heterocycles. The maximum atomic E-state index is 10.3. The van der Waals surface area contributed by atoms with Crippen LogP contribution < -0.4 is 9.64 Å². The van der Waals surface area contributed by atoms with Gasteiger partial charge in [-0.05, 0) is 49.2 Å². The van der Waals surface area contributed by atoms with Gasteiger partial charge < -0.3 is 14.7 Å². The molecule has 2 aromatic rings. The zero-order valence-electron chi connectivity index (χ0n) is 16.3. The van der Waals surface area contributed by atoms with E-state index in [9.17, 15) is 5.11 Å². The van der Waals surface area contributed by atoms with Crippen molar-refractivity contribution in [3.63, 3.8) is 0 Å². The van der Waals surface area contributed by atoms with E-state index in [1.165, 1.54) is 5.69 Å². The molecule has 7 heteroatoms. The Bertz CT molecular complexity index is 700. The Kier molecular flexibility index (Phi) is 10.4. The fourth-order valence-electron chi connectivity index (χ4n) is 3.36. The van der Waals surface area contributed by atoms with E-state index in [0.29, 0.717) is 13.2 Å². The van der Waals surface area contributed by atoms with Crippen LogP contribution in [0.25, 0.3) is 0 Å². The maximum Gasteiger partial charge on any atom is 0.120 e. The minimum absolute atomic E-state index is 0. The molecule has 0 aliphatic carbocycles. The summed E-state index contributed by atoms with van der Waals surface area (Å²) in [5.74, 6) is 0.761. The van der Waals surface area contributed by atoms with Crippen molar-refractivity contribution >= 4 is 42.1 Å². The van der Waals surface area contributed by atoms with Gasteiger partial charge in [-0.1, -0.05) is 29.8 Å². The van der Waals surface area contributed by atoms with E-state index >= 15 is 0 Å². The fraction of sp³-hybridized carbons (Fsp3) is 0.429. The van der Waals surface area contributed by atoms with E-state index in [2.05, 4.69) is 34.1 Å². The number of ether oxygens (including phenoxy) is 1. The highest BCUT2D eigenvalue weighted by atomic mass is 35.5. The Morgan fingerprint density at radius 3 is 2.14 bits per heavy atom. The van der Waals surface area contributed by atoms with Gasteiger partial charge in [0.15, 0.2) is 0 Å². The lowest BCUT2D eigenvalue weighted by molar-refractivity contribution is 0.0663. The van der Waals surface area contributed by atoms with Crippen LogP contribution in [-0.2, 0) is 0 Å². The number of aliphatic hydroxyl groups is 1. The first-order valence-corrected chi connectivity index (χ1v) is 9.50. The smallest absolute Gasteiger partial charge is 0.120 e. The van der Waals surface area contributed by atoms with Gasteiger partial charge in [0.2, 0.25) is 0 Å². The Morgan fingerprint density at radius 1 is 1.00 bits per heavy atom. The molecule has 1 fully saturated rings. The summed E-state index contributed by atoms with van der Waals surface area (Å²) < 4.78 is 5.77. The van der Waals surface area contributed by atoms with E-state index in [0.717, 1.165) is 48.1 Å². The van der Waals surface area contributed by atoms with Crippen LogP contribution in [0.1, 0.15) is 11.1 Å². The summed E-state index contributed by atoms with van der Waals surface area (Å²) in [4.78, 5) is 4.68. The van der Waals surface area contributed by atoms with Gasteiger partial charge in [-0.2, -0.15) is 0 Å². The predicted octanol–water partition coefficient (Wildman–Crippen LogP) is 4.36. The molecule has 2 aromatic carbocycles. The quantitative estimate of drug-likeness (QED) is 0.713. The summed E-state index contributed by atoms with van der Waals surface area (Å²) in [6.45, 7) is 8.71. The highest BCUT2D eigenvalue weighted by molar-refractivity contribution is 6.32. The van der Waals surface area contributed by atoms with Crippen molar-refractivity contribution in [1.29, 1.82) is 0 Å². The highest BCUT2D eigenvalue weighted by Crippen LogP contribution is 2.26. The molecule has 156 valence electrons. The van der Waals surface area contributed by atoms with Gasteiger partial charge in [-0.25, -0.2) is 0 Å². The fourth-order valence-corrected chi connectivity index (χ4v) is 3.47. The van der Waals surface area contributed by atoms with Crippen LogP contribution in [0, 0.1) is 13.8 Å². The molecule has 1 unspecified atom stereocenters. The minimum Gasteiger partial charge on any atom is -0.491 e. The van der Waals surface area contributed by atoms with Crippen molar-refractivity contribution in [2.24, 2.45) is 0 Å². The number of hydrogen-bond donors (Lipinski definition) is 1. The highest BCUT2D eigenvalue weighted by Gasteiger charge is 2.19. The Balaban J connectivity index is 0.00000196. The minimum atomic E-state index is -0.505. The van der Waals surface area contributed by atoms with Crippen molar-refractivity contribution in [3.8, 4) is 5.75 Å². The third-order valence-electron chi connectivity index (χ3n) is 4.81. The average molecular weight is 448 g/mol.